The van der Waals surface area contributed by atoms with Gasteiger partial charge >= 0.3 is 0 Å². The molecule has 0 fully saturated rings. The van der Waals surface area contributed by atoms with Gasteiger partial charge in [0.15, 0.2) is 5.82 Å². The molecular weight excluding hydrogens is 300 g/mol. The Morgan fingerprint density at radius 3 is 2.87 bits per heavy atom. The number of nitrogens with zero attached hydrogens (tertiary/aromatic N) is 4. The van der Waals surface area contributed by atoms with Gasteiger partial charge in [-0.1, -0.05) is 13.8 Å². The number of anilines is 2. The first-order valence-corrected chi connectivity index (χ1v) is 7.11. The number of carbonyl (C=O) groups excluding carboxylic acids is 1. The van der Waals surface area contributed by atoms with E-state index in [1.165, 1.54) is 0 Å². The zero-order valence-corrected chi connectivity index (χ0v) is 12.9. The Labute approximate surface area is 132 Å². The minimum Gasteiger partial charge on any atom is -0.365 e. The number of nitrogens with two attached hydrogens (primary N) is 1. The number of nitro groups is 1. The lowest BCUT2D eigenvalue weighted by Crippen LogP contribution is -2.15. The van der Waals surface area contributed by atoms with E-state index in [1.807, 2.05) is 0 Å². The number of aryl methyl sites for hydroxylation is 1. The number of rotatable bonds is 7. The van der Waals surface area contributed by atoms with Crippen LogP contribution >= 0.6 is 0 Å². The van der Waals surface area contributed by atoms with Gasteiger partial charge in [-0.3, -0.25) is 19.6 Å². The van der Waals surface area contributed by atoms with Crippen LogP contribution in [0.15, 0.2) is 24.5 Å². The topological polar surface area (TPSA) is 129 Å². The van der Waals surface area contributed by atoms with E-state index in [4.69, 9.17) is 5.73 Å². The summed E-state index contributed by atoms with van der Waals surface area (Å²) >= 11 is 0. The van der Waals surface area contributed by atoms with Gasteiger partial charge in [-0.15, -0.1) is 0 Å². The standard InChI is InChI=1S/C14H18N6O3/c1-9(2)3-5-19-6-4-12(18-19)17-14-11(13(15)21)7-10(8-16-14)20(22)23/h4,6-9H,3,5H2,1-2H3,(H2,15,21)(H,16,17,18). The van der Waals surface area contributed by atoms with Crippen molar-refractivity contribution in [3.63, 3.8) is 0 Å². The molecule has 1 amide bonds. The van der Waals surface area contributed by atoms with Crippen molar-refractivity contribution in [3.8, 4) is 0 Å². The third-order valence-electron chi connectivity index (χ3n) is 3.17. The van der Waals surface area contributed by atoms with Crippen LogP contribution in [0.25, 0.3) is 0 Å². The number of primary amides is 1. The van der Waals surface area contributed by atoms with Crippen molar-refractivity contribution in [1.82, 2.24) is 14.8 Å². The van der Waals surface area contributed by atoms with Gasteiger partial charge in [0, 0.05) is 24.9 Å². The molecule has 0 saturated carbocycles. The normalized spacial score (nSPS) is 10.7. The maximum atomic E-state index is 11.5. The summed E-state index contributed by atoms with van der Waals surface area (Å²) in [5, 5.41) is 17.9. The van der Waals surface area contributed by atoms with E-state index in [9.17, 15) is 14.9 Å². The fourth-order valence-corrected chi connectivity index (χ4v) is 1.91. The highest BCUT2D eigenvalue weighted by atomic mass is 16.6. The monoisotopic (exact) mass is 318 g/mol. The molecule has 9 nitrogen and oxygen atoms in total. The molecule has 0 aliphatic rings. The molecule has 23 heavy (non-hydrogen) atoms. The van der Waals surface area contributed by atoms with Gasteiger partial charge in [0.25, 0.3) is 11.6 Å². The highest BCUT2D eigenvalue weighted by Gasteiger charge is 2.17. The molecule has 0 radical (unpaired) electrons. The predicted molar refractivity (Wildman–Crippen MR) is 84.4 cm³/mol. The van der Waals surface area contributed by atoms with Crippen molar-refractivity contribution < 1.29 is 9.72 Å². The zero-order valence-electron chi connectivity index (χ0n) is 12.9. The first-order chi connectivity index (χ1) is 10.9. The molecule has 0 bridgehead atoms. The molecule has 2 rings (SSSR count). The smallest absolute Gasteiger partial charge is 0.288 e. The van der Waals surface area contributed by atoms with Crippen molar-refractivity contribution in [3.05, 3.63) is 40.2 Å². The molecule has 3 N–H and O–H groups in total. The largest absolute Gasteiger partial charge is 0.365 e. The molecule has 0 aromatic carbocycles. The zero-order chi connectivity index (χ0) is 17.0. The second-order valence-electron chi connectivity index (χ2n) is 5.48. The summed E-state index contributed by atoms with van der Waals surface area (Å²) in [4.78, 5) is 25.5. The predicted octanol–water partition coefficient (Wildman–Crippen LogP) is 2.07. The Balaban J connectivity index is 2.19. The van der Waals surface area contributed by atoms with E-state index in [-0.39, 0.29) is 17.1 Å². The second-order valence-corrected chi connectivity index (χ2v) is 5.48. The second kappa shape index (κ2) is 6.86. The van der Waals surface area contributed by atoms with E-state index < -0.39 is 10.8 Å². The average molecular weight is 318 g/mol. The summed E-state index contributed by atoms with van der Waals surface area (Å²) in [5.41, 5.74) is 4.90. The molecule has 0 aliphatic heterocycles. The van der Waals surface area contributed by atoms with E-state index in [1.54, 1.807) is 16.9 Å². The molecule has 0 atom stereocenters. The number of hydrogen-bond donors (Lipinski definition) is 2. The van der Waals surface area contributed by atoms with Gasteiger partial charge in [0.2, 0.25) is 0 Å². The summed E-state index contributed by atoms with van der Waals surface area (Å²) in [6.07, 6.45) is 3.86. The van der Waals surface area contributed by atoms with Gasteiger partial charge in [0.05, 0.1) is 10.5 Å². The minimum absolute atomic E-state index is 0.0593. The van der Waals surface area contributed by atoms with Crippen molar-refractivity contribution in [1.29, 1.82) is 0 Å². The molecular formula is C14H18N6O3. The van der Waals surface area contributed by atoms with E-state index >= 15 is 0 Å². The average Bonchev–Trinajstić information content (AvgIpc) is 2.92. The molecule has 0 spiro atoms. The Hall–Kier alpha value is -2.97. The summed E-state index contributed by atoms with van der Waals surface area (Å²) in [6, 6.07) is 2.82. The Morgan fingerprint density at radius 2 is 2.26 bits per heavy atom. The fraction of sp³-hybridized carbons (Fsp3) is 0.357. The van der Waals surface area contributed by atoms with Crippen LogP contribution in [0.1, 0.15) is 30.6 Å². The molecule has 2 heterocycles. The van der Waals surface area contributed by atoms with E-state index in [0.717, 1.165) is 25.2 Å². The van der Waals surface area contributed by atoms with Crippen molar-refractivity contribution in [2.45, 2.75) is 26.8 Å². The maximum absolute atomic E-state index is 11.5. The number of hydrogen-bond acceptors (Lipinski definition) is 6. The van der Waals surface area contributed by atoms with E-state index in [2.05, 4.69) is 29.2 Å². The lowest BCUT2D eigenvalue weighted by atomic mass is 10.1. The van der Waals surface area contributed by atoms with Crippen LogP contribution in [-0.4, -0.2) is 25.6 Å². The third kappa shape index (κ3) is 4.25. The first kappa shape index (κ1) is 16.4. The number of pyridine rings is 1. The van der Waals surface area contributed by atoms with Crippen molar-refractivity contribution in [2.75, 3.05) is 5.32 Å². The highest BCUT2D eigenvalue weighted by molar-refractivity contribution is 5.98. The third-order valence-corrected chi connectivity index (χ3v) is 3.17. The number of nitrogens with one attached hydrogen (secondary N) is 1. The minimum atomic E-state index is -0.803. The van der Waals surface area contributed by atoms with Crippen LogP contribution in [0.2, 0.25) is 0 Å². The lowest BCUT2D eigenvalue weighted by molar-refractivity contribution is -0.385. The molecule has 0 unspecified atom stereocenters. The van der Waals surface area contributed by atoms with Crippen LogP contribution < -0.4 is 11.1 Å². The Morgan fingerprint density at radius 1 is 1.52 bits per heavy atom. The summed E-state index contributed by atoms with van der Waals surface area (Å²) < 4.78 is 1.78. The lowest BCUT2D eigenvalue weighted by Gasteiger charge is -2.07. The van der Waals surface area contributed by atoms with Gasteiger partial charge in [-0.05, 0) is 12.3 Å². The molecule has 2 aromatic heterocycles. The fourth-order valence-electron chi connectivity index (χ4n) is 1.91. The van der Waals surface area contributed by atoms with Gasteiger partial charge < -0.3 is 11.1 Å². The van der Waals surface area contributed by atoms with Gasteiger partial charge in [0.1, 0.15) is 12.0 Å². The van der Waals surface area contributed by atoms with Crippen LogP contribution in [0, 0.1) is 16.0 Å². The van der Waals surface area contributed by atoms with Crippen LogP contribution in [-0.2, 0) is 6.54 Å². The van der Waals surface area contributed by atoms with Crippen LogP contribution in [0.5, 0.6) is 0 Å². The van der Waals surface area contributed by atoms with Crippen molar-refractivity contribution in [2.24, 2.45) is 11.7 Å². The number of amides is 1. The summed E-state index contributed by atoms with van der Waals surface area (Å²) in [6.45, 7) is 5.03. The Bertz CT molecular complexity index is 725. The van der Waals surface area contributed by atoms with Crippen LogP contribution in [0.4, 0.5) is 17.3 Å². The molecule has 9 heteroatoms. The number of carbonyl (C=O) groups is 1. The molecule has 0 aliphatic carbocycles. The summed E-state index contributed by atoms with van der Waals surface area (Å²) in [5.74, 6) is 0.381. The quantitative estimate of drug-likeness (QED) is 0.594. The van der Waals surface area contributed by atoms with Gasteiger partial charge in [-0.25, -0.2) is 4.98 Å². The number of aromatic nitrogens is 3. The van der Waals surface area contributed by atoms with Gasteiger partial charge in [-0.2, -0.15) is 5.10 Å². The Kier molecular flexibility index (Phi) is 4.89. The maximum Gasteiger partial charge on any atom is 0.288 e. The molecule has 2 aromatic rings. The van der Waals surface area contributed by atoms with Crippen LogP contribution in [0.3, 0.4) is 0 Å². The highest BCUT2D eigenvalue weighted by Crippen LogP contribution is 2.21. The van der Waals surface area contributed by atoms with Crippen molar-refractivity contribution >= 4 is 23.2 Å². The molecule has 122 valence electrons. The first-order valence-electron chi connectivity index (χ1n) is 7.11. The summed E-state index contributed by atoms with van der Waals surface area (Å²) in [7, 11) is 0. The SMILES string of the molecule is CC(C)CCn1ccc(Nc2ncc([N+](=O)[O-])cc2C(N)=O)n1. The molecule has 0 saturated heterocycles. The van der Waals surface area contributed by atoms with E-state index in [0.29, 0.717) is 11.7 Å².